The molecule has 7 nitrogen and oxygen atoms in total. The van der Waals surface area contributed by atoms with Crippen LogP contribution < -0.4 is 4.72 Å². The second-order valence-corrected chi connectivity index (χ2v) is 9.45. The number of nitrogens with one attached hydrogen (secondary N) is 2. The van der Waals surface area contributed by atoms with Gasteiger partial charge in [-0.25, -0.2) is 23.1 Å². The van der Waals surface area contributed by atoms with Crippen LogP contribution in [0.1, 0.15) is 44.3 Å². The molecular weight excluding hydrogens is 338 g/mol. The van der Waals surface area contributed by atoms with Crippen LogP contribution in [0.4, 0.5) is 0 Å². The lowest BCUT2D eigenvalue weighted by molar-refractivity contribution is 0.508. The Kier molecular flexibility index (Phi) is 3.24. The molecule has 0 saturated heterocycles. The van der Waals surface area contributed by atoms with Crippen molar-refractivity contribution >= 4 is 26.7 Å². The first-order chi connectivity index (χ1) is 12.0. The van der Waals surface area contributed by atoms with Crippen molar-refractivity contribution in [2.45, 2.75) is 49.8 Å². The molecule has 2 aliphatic carbocycles. The molecule has 0 spiro atoms. The molecule has 2 aliphatic rings. The molecule has 2 fully saturated rings. The molecule has 0 unspecified atom stereocenters. The van der Waals surface area contributed by atoms with Crippen molar-refractivity contribution in [2.75, 3.05) is 0 Å². The lowest BCUT2D eigenvalue weighted by atomic mass is 9.97. The summed E-state index contributed by atoms with van der Waals surface area (Å²) in [4.78, 5) is 12.2. The van der Waals surface area contributed by atoms with E-state index in [1.54, 1.807) is 0 Å². The molecule has 2 saturated carbocycles. The summed E-state index contributed by atoms with van der Waals surface area (Å²) < 4.78 is 29.6. The van der Waals surface area contributed by atoms with Gasteiger partial charge in [-0.2, -0.15) is 0 Å². The summed E-state index contributed by atoms with van der Waals surface area (Å²) in [6.07, 6.45) is 8.79. The summed E-state index contributed by atoms with van der Waals surface area (Å²) in [5.74, 6) is 1.61. The van der Waals surface area contributed by atoms with E-state index >= 15 is 0 Å². The van der Waals surface area contributed by atoms with Gasteiger partial charge in [-0.15, -0.1) is 0 Å². The number of nitrogens with zero attached hydrogens (tertiary/aromatic N) is 3. The highest BCUT2D eigenvalue weighted by Gasteiger charge is 2.41. The third-order valence-corrected chi connectivity index (χ3v) is 7.61. The van der Waals surface area contributed by atoms with Crippen molar-refractivity contribution in [1.82, 2.24) is 24.1 Å². The van der Waals surface area contributed by atoms with Crippen LogP contribution in [0.2, 0.25) is 0 Å². The monoisotopic (exact) mass is 359 g/mol. The lowest BCUT2D eigenvalue weighted by Crippen LogP contribution is -2.35. The van der Waals surface area contributed by atoms with Crippen molar-refractivity contribution in [3.05, 3.63) is 30.5 Å². The second kappa shape index (κ2) is 5.28. The highest BCUT2D eigenvalue weighted by atomic mass is 32.2. The number of hydrogen-bond donors (Lipinski definition) is 2. The predicted molar refractivity (Wildman–Crippen MR) is 94.8 cm³/mol. The molecule has 0 radical (unpaired) electrons. The minimum absolute atomic E-state index is 0.00139. The summed E-state index contributed by atoms with van der Waals surface area (Å²) in [6.45, 7) is 2.19. The maximum Gasteiger partial charge on any atom is 0.214 e. The van der Waals surface area contributed by atoms with E-state index in [4.69, 9.17) is 0 Å². The van der Waals surface area contributed by atoms with Gasteiger partial charge in [-0.1, -0.05) is 6.92 Å². The van der Waals surface area contributed by atoms with Crippen LogP contribution in [0.5, 0.6) is 0 Å². The molecule has 3 aromatic heterocycles. The van der Waals surface area contributed by atoms with E-state index in [1.807, 2.05) is 24.7 Å². The molecule has 132 valence electrons. The minimum atomic E-state index is -3.15. The van der Waals surface area contributed by atoms with E-state index in [0.29, 0.717) is 5.92 Å². The molecular formula is C17H21N5O2S. The Bertz CT molecular complexity index is 1050. The maximum absolute atomic E-state index is 12.3. The van der Waals surface area contributed by atoms with E-state index in [0.717, 1.165) is 48.2 Å². The molecule has 5 rings (SSSR count). The molecule has 25 heavy (non-hydrogen) atoms. The van der Waals surface area contributed by atoms with Gasteiger partial charge in [0.15, 0.2) is 5.65 Å². The Morgan fingerprint density at radius 3 is 2.84 bits per heavy atom. The quantitative estimate of drug-likeness (QED) is 0.747. The van der Waals surface area contributed by atoms with E-state index in [1.165, 1.54) is 0 Å². The number of rotatable bonds is 4. The molecule has 3 aromatic rings. The van der Waals surface area contributed by atoms with Crippen LogP contribution in [0.25, 0.3) is 16.7 Å². The first-order valence-corrected chi connectivity index (χ1v) is 10.4. The van der Waals surface area contributed by atoms with E-state index in [9.17, 15) is 8.42 Å². The highest BCUT2D eigenvalue weighted by molar-refractivity contribution is 7.90. The molecule has 0 bridgehead atoms. The number of sulfonamides is 1. The average molecular weight is 359 g/mol. The number of H-pyrrole nitrogens is 1. The van der Waals surface area contributed by atoms with Crippen molar-refractivity contribution in [2.24, 2.45) is 5.92 Å². The number of fused-ring (bicyclic) bond motifs is 3. The smallest absolute Gasteiger partial charge is 0.214 e. The van der Waals surface area contributed by atoms with Gasteiger partial charge in [-0.05, 0) is 37.7 Å². The van der Waals surface area contributed by atoms with Crippen molar-refractivity contribution in [3.8, 4) is 0 Å². The Hall–Kier alpha value is -1.93. The fraction of sp³-hybridized carbons (Fsp3) is 0.529. The summed E-state index contributed by atoms with van der Waals surface area (Å²) in [7, 11) is -3.15. The number of imidazole rings is 1. The zero-order valence-electron chi connectivity index (χ0n) is 14.0. The molecule has 0 aliphatic heterocycles. The van der Waals surface area contributed by atoms with E-state index in [-0.39, 0.29) is 17.2 Å². The highest BCUT2D eigenvalue weighted by Crippen LogP contribution is 2.40. The number of aromatic nitrogens is 4. The van der Waals surface area contributed by atoms with Crippen molar-refractivity contribution in [1.29, 1.82) is 0 Å². The molecule has 8 heteroatoms. The molecule has 3 heterocycles. The summed E-state index contributed by atoms with van der Waals surface area (Å²) in [5.41, 5.74) is 2.82. The van der Waals surface area contributed by atoms with Crippen LogP contribution in [-0.2, 0) is 10.0 Å². The Labute approximate surface area is 145 Å². The molecule has 0 aromatic carbocycles. The SMILES string of the molecule is C[C@@H]1C[C@H](NS(=O)(=O)C2CC2)C[C@@H]1c1ncc2cnc3[nH]ccc3n12. The van der Waals surface area contributed by atoms with Crippen LogP contribution in [0.3, 0.4) is 0 Å². The van der Waals surface area contributed by atoms with E-state index in [2.05, 4.69) is 31.0 Å². The third-order valence-electron chi connectivity index (χ3n) is 5.59. The van der Waals surface area contributed by atoms with Crippen LogP contribution in [0.15, 0.2) is 24.7 Å². The first-order valence-electron chi connectivity index (χ1n) is 8.83. The van der Waals surface area contributed by atoms with Gasteiger partial charge in [0.1, 0.15) is 5.82 Å². The van der Waals surface area contributed by atoms with Crippen molar-refractivity contribution < 1.29 is 8.42 Å². The largest absolute Gasteiger partial charge is 0.345 e. The second-order valence-electron chi connectivity index (χ2n) is 7.46. The summed E-state index contributed by atoms with van der Waals surface area (Å²) in [5, 5.41) is -0.167. The lowest BCUT2D eigenvalue weighted by Gasteiger charge is -2.14. The topological polar surface area (TPSA) is 92.2 Å². The van der Waals surface area contributed by atoms with Crippen LogP contribution >= 0.6 is 0 Å². The van der Waals surface area contributed by atoms with Gasteiger partial charge >= 0.3 is 0 Å². The molecule has 2 N–H and O–H groups in total. The van der Waals surface area contributed by atoms with Gasteiger partial charge in [0.05, 0.1) is 28.7 Å². The fourth-order valence-electron chi connectivity index (χ4n) is 4.17. The Morgan fingerprint density at radius 2 is 2.04 bits per heavy atom. The average Bonchev–Trinajstić information content (AvgIpc) is 3.03. The van der Waals surface area contributed by atoms with Crippen LogP contribution in [-0.4, -0.2) is 39.1 Å². The summed E-state index contributed by atoms with van der Waals surface area (Å²) in [6, 6.07) is 2.01. The first kappa shape index (κ1) is 15.3. The zero-order valence-corrected chi connectivity index (χ0v) is 14.8. The Morgan fingerprint density at radius 1 is 1.24 bits per heavy atom. The predicted octanol–water partition coefficient (Wildman–Crippen LogP) is 2.17. The van der Waals surface area contributed by atoms with Gasteiger partial charge in [0, 0.05) is 18.2 Å². The normalized spacial score (nSPS) is 27.5. The van der Waals surface area contributed by atoms with Gasteiger partial charge in [0.25, 0.3) is 0 Å². The third kappa shape index (κ3) is 2.46. The van der Waals surface area contributed by atoms with Crippen LogP contribution in [0, 0.1) is 5.92 Å². The number of aromatic amines is 1. The van der Waals surface area contributed by atoms with Crippen molar-refractivity contribution in [3.63, 3.8) is 0 Å². The molecule has 3 atom stereocenters. The summed E-state index contributed by atoms with van der Waals surface area (Å²) >= 11 is 0. The maximum atomic E-state index is 12.3. The Balaban J connectivity index is 1.49. The number of hydrogen-bond acceptors (Lipinski definition) is 4. The zero-order chi connectivity index (χ0) is 17.2. The minimum Gasteiger partial charge on any atom is -0.345 e. The van der Waals surface area contributed by atoms with E-state index < -0.39 is 10.0 Å². The van der Waals surface area contributed by atoms with Gasteiger partial charge in [-0.3, -0.25) is 4.40 Å². The standard InChI is InChI=1S/C17H21N5O2S/c1-10-6-11(21-25(23,24)13-2-3-13)7-14(10)17-20-9-12-8-19-16-15(22(12)17)4-5-18-16/h4-5,8-11,13-14,18,21H,2-3,6-7H2,1H3/t10-,11+,14+/m1/s1. The van der Waals surface area contributed by atoms with Gasteiger partial charge < -0.3 is 4.98 Å². The fourth-order valence-corrected chi connectivity index (χ4v) is 5.78. The molecule has 0 amide bonds. The van der Waals surface area contributed by atoms with Gasteiger partial charge in [0.2, 0.25) is 10.0 Å².